The highest BCUT2D eigenvalue weighted by Crippen LogP contribution is 2.20. The molecule has 0 aliphatic carbocycles. The lowest BCUT2D eigenvalue weighted by atomic mass is 10.3. The highest BCUT2D eigenvalue weighted by Gasteiger charge is 2.12. The molecule has 0 radical (unpaired) electrons. The summed E-state index contributed by atoms with van der Waals surface area (Å²) in [7, 11) is 1.58. The van der Waals surface area contributed by atoms with E-state index in [-0.39, 0.29) is 5.56 Å². The van der Waals surface area contributed by atoms with Crippen molar-refractivity contribution in [1.29, 1.82) is 0 Å². The third-order valence-corrected chi connectivity index (χ3v) is 3.56. The van der Waals surface area contributed by atoms with Crippen LogP contribution in [0, 0.1) is 0 Å². The summed E-state index contributed by atoms with van der Waals surface area (Å²) in [4.78, 5) is 20.5. The van der Waals surface area contributed by atoms with Crippen molar-refractivity contribution >= 4 is 22.8 Å². The Hall–Kier alpha value is -3.75. The Morgan fingerprint density at radius 1 is 1.16 bits per heavy atom. The second kappa shape index (κ2) is 6.04. The lowest BCUT2D eigenvalue weighted by Crippen LogP contribution is -2.20. The minimum Gasteiger partial charge on any atom is -0.497 e. The smallest absolute Gasteiger partial charge is 0.273 e. The summed E-state index contributed by atoms with van der Waals surface area (Å²) in [5.74, 6) is 1.52. The van der Waals surface area contributed by atoms with Gasteiger partial charge in [-0.3, -0.25) is 9.89 Å². The summed E-state index contributed by atoms with van der Waals surface area (Å²) in [5.41, 5.74) is 1.37. The highest BCUT2D eigenvalue weighted by atomic mass is 16.5. The first-order valence-corrected chi connectivity index (χ1v) is 7.41. The molecular weight excluding hydrogens is 322 g/mol. The SMILES string of the molecule is COc1ccc(-n2nc3c(Nc4ncccn4)n[nH]c3cc2=O)cc1. The Bertz CT molecular complexity index is 1070. The zero-order valence-corrected chi connectivity index (χ0v) is 13.2. The van der Waals surface area contributed by atoms with E-state index in [1.54, 1.807) is 49.8 Å². The largest absolute Gasteiger partial charge is 0.497 e. The van der Waals surface area contributed by atoms with Crippen LogP contribution in [0.25, 0.3) is 16.7 Å². The van der Waals surface area contributed by atoms with Crippen molar-refractivity contribution in [2.75, 3.05) is 12.4 Å². The van der Waals surface area contributed by atoms with Crippen LogP contribution in [0.5, 0.6) is 5.75 Å². The number of rotatable bonds is 4. The average molecular weight is 335 g/mol. The molecule has 2 N–H and O–H groups in total. The summed E-state index contributed by atoms with van der Waals surface area (Å²) in [6, 6.07) is 10.2. The Labute approximate surface area is 141 Å². The molecule has 0 aliphatic rings. The van der Waals surface area contributed by atoms with E-state index in [1.165, 1.54) is 10.7 Å². The number of methoxy groups -OCH3 is 1. The fraction of sp³-hybridized carbons (Fsp3) is 0.0625. The number of aromatic amines is 1. The molecule has 4 aromatic rings. The van der Waals surface area contributed by atoms with Crippen molar-refractivity contribution in [1.82, 2.24) is 29.9 Å². The fourth-order valence-corrected chi connectivity index (χ4v) is 2.35. The van der Waals surface area contributed by atoms with Crippen LogP contribution in [0.15, 0.2) is 53.6 Å². The first kappa shape index (κ1) is 14.8. The van der Waals surface area contributed by atoms with Crippen LogP contribution in [0.3, 0.4) is 0 Å². The van der Waals surface area contributed by atoms with Gasteiger partial charge in [-0.15, -0.1) is 0 Å². The molecule has 3 heterocycles. The molecule has 124 valence electrons. The van der Waals surface area contributed by atoms with Crippen LogP contribution in [0.1, 0.15) is 0 Å². The van der Waals surface area contributed by atoms with E-state index in [9.17, 15) is 4.79 Å². The molecule has 0 aliphatic heterocycles. The van der Waals surface area contributed by atoms with Crippen molar-refractivity contribution in [3.63, 3.8) is 0 Å². The molecule has 0 spiro atoms. The van der Waals surface area contributed by atoms with Gasteiger partial charge in [-0.1, -0.05) is 0 Å². The summed E-state index contributed by atoms with van der Waals surface area (Å²) in [5, 5.41) is 14.3. The number of ether oxygens (including phenoxy) is 1. The first-order chi connectivity index (χ1) is 12.2. The van der Waals surface area contributed by atoms with Gasteiger partial charge >= 0.3 is 0 Å². The number of aromatic nitrogens is 6. The quantitative estimate of drug-likeness (QED) is 0.583. The number of H-pyrrole nitrogens is 1. The zero-order chi connectivity index (χ0) is 17.2. The second-order valence-electron chi connectivity index (χ2n) is 5.12. The zero-order valence-electron chi connectivity index (χ0n) is 13.2. The van der Waals surface area contributed by atoms with Crippen molar-refractivity contribution in [3.05, 3.63) is 59.1 Å². The van der Waals surface area contributed by atoms with Gasteiger partial charge in [-0.2, -0.15) is 14.9 Å². The standard InChI is InChI=1S/C16H13N7O2/c1-25-11-5-3-10(4-6-11)23-13(24)9-12-14(22-23)15(21-20-12)19-16-17-7-2-8-18-16/h2-9,20H,1H3,(H,17,18,19,21). The van der Waals surface area contributed by atoms with E-state index in [4.69, 9.17) is 4.74 Å². The normalized spacial score (nSPS) is 10.8. The van der Waals surface area contributed by atoms with Crippen LogP contribution in [-0.4, -0.2) is 37.1 Å². The molecule has 0 amide bonds. The van der Waals surface area contributed by atoms with Gasteiger partial charge in [0.05, 0.1) is 18.3 Å². The van der Waals surface area contributed by atoms with Gasteiger partial charge in [0, 0.05) is 18.5 Å². The number of nitrogens with zero attached hydrogens (tertiary/aromatic N) is 5. The lowest BCUT2D eigenvalue weighted by Gasteiger charge is -2.06. The van der Waals surface area contributed by atoms with Gasteiger partial charge in [0.25, 0.3) is 5.56 Å². The van der Waals surface area contributed by atoms with E-state index in [0.29, 0.717) is 34.2 Å². The van der Waals surface area contributed by atoms with Gasteiger partial charge in [-0.05, 0) is 30.3 Å². The molecule has 0 bridgehead atoms. The number of benzene rings is 1. The van der Waals surface area contributed by atoms with Crippen LogP contribution in [0.4, 0.5) is 11.8 Å². The topological polar surface area (TPSA) is 111 Å². The molecule has 3 aromatic heterocycles. The Morgan fingerprint density at radius 2 is 1.92 bits per heavy atom. The third-order valence-electron chi connectivity index (χ3n) is 3.56. The highest BCUT2D eigenvalue weighted by molar-refractivity contribution is 5.86. The molecular formula is C16H13N7O2. The molecule has 9 heteroatoms. The van der Waals surface area contributed by atoms with Crippen molar-refractivity contribution in [3.8, 4) is 11.4 Å². The lowest BCUT2D eigenvalue weighted by molar-refractivity contribution is 0.414. The maximum absolute atomic E-state index is 12.3. The number of hydrogen-bond donors (Lipinski definition) is 2. The van der Waals surface area contributed by atoms with Crippen LogP contribution >= 0.6 is 0 Å². The van der Waals surface area contributed by atoms with E-state index in [1.807, 2.05) is 0 Å². The summed E-state index contributed by atoms with van der Waals surface area (Å²) < 4.78 is 6.43. The van der Waals surface area contributed by atoms with E-state index < -0.39 is 0 Å². The van der Waals surface area contributed by atoms with Gasteiger partial charge in [-0.25, -0.2) is 9.97 Å². The van der Waals surface area contributed by atoms with Crippen molar-refractivity contribution < 1.29 is 4.74 Å². The molecule has 0 unspecified atom stereocenters. The molecule has 0 atom stereocenters. The molecule has 0 saturated carbocycles. The Morgan fingerprint density at radius 3 is 2.64 bits per heavy atom. The number of anilines is 2. The summed E-state index contributed by atoms with van der Waals surface area (Å²) >= 11 is 0. The molecule has 25 heavy (non-hydrogen) atoms. The second-order valence-corrected chi connectivity index (χ2v) is 5.12. The summed E-state index contributed by atoms with van der Waals surface area (Å²) in [6.07, 6.45) is 3.23. The minimum absolute atomic E-state index is 0.274. The minimum atomic E-state index is -0.274. The Kier molecular flexibility index (Phi) is 3.58. The van der Waals surface area contributed by atoms with Crippen molar-refractivity contribution in [2.24, 2.45) is 0 Å². The third kappa shape index (κ3) is 2.78. The van der Waals surface area contributed by atoms with Gasteiger partial charge in [0.2, 0.25) is 5.95 Å². The van der Waals surface area contributed by atoms with E-state index in [2.05, 4.69) is 30.6 Å². The molecule has 4 rings (SSSR count). The van der Waals surface area contributed by atoms with Gasteiger partial charge in [0.15, 0.2) is 11.3 Å². The van der Waals surface area contributed by atoms with Crippen LogP contribution in [-0.2, 0) is 0 Å². The van der Waals surface area contributed by atoms with E-state index >= 15 is 0 Å². The maximum Gasteiger partial charge on any atom is 0.273 e. The van der Waals surface area contributed by atoms with E-state index in [0.717, 1.165) is 0 Å². The molecule has 9 nitrogen and oxygen atoms in total. The maximum atomic E-state index is 12.3. The number of nitrogens with one attached hydrogen (secondary N) is 2. The fourth-order valence-electron chi connectivity index (χ4n) is 2.35. The predicted octanol–water partition coefficient (Wildman–Crippen LogP) is 1.65. The Balaban J connectivity index is 1.79. The number of fused-ring (bicyclic) bond motifs is 1. The van der Waals surface area contributed by atoms with Gasteiger partial charge in [0.1, 0.15) is 5.75 Å². The molecule has 0 fully saturated rings. The average Bonchev–Trinajstić information content (AvgIpc) is 3.03. The van der Waals surface area contributed by atoms with Gasteiger partial charge < -0.3 is 10.1 Å². The van der Waals surface area contributed by atoms with Crippen LogP contribution < -0.4 is 15.6 Å². The van der Waals surface area contributed by atoms with Crippen molar-refractivity contribution in [2.45, 2.75) is 0 Å². The summed E-state index contributed by atoms with van der Waals surface area (Å²) in [6.45, 7) is 0. The number of hydrogen-bond acceptors (Lipinski definition) is 7. The first-order valence-electron chi connectivity index (χ1n) is 7.41. The van der Waals surface area contributed by atoms with Crippen LogP contribution in [0.2, 0.25) is 0 Å². The predicted molar refractivity (Wildman–Crippen MR) is 91.4 cm³/mol. The molecule has 0 saturated heterocycles. The monoisotopic (exact) mass is 335 g/mol. The molecule has 1 aromatic carbocycles.